The van der Waals surface area contributed by atoms with E-state index >= 15 is 0 Å². The second kappa shape index (κ2) is 6.24. The van der Waals surface area contributed by atoms with Crippen LogP contribution in [0.1, 0.15) is 65.2 Å². The predicted octanol–water partition coefficient (Wildman–Crippen LogP) is 2.46. The van der Waals surface area contributed by atoms with Crippen molar-refractivity contribution < 1.29 is 14.7 Å². The van der Waals surface area contributed by atoms with E-state index in [0.29, 0.717) is 24.3 Å². The zero-order valence-electron chi connectivity index (χ0n) is 14.0. The standard InChI is InChI=1S/C17H26N2O3/c1-5-17(10-20)6-8-19(9-7-17)16(22)15-11(2)14(13(4)21)12(3)18-15/h18,20H,5-10H2,1-4H3. The summed E-state index contributed by atoms with van der Waals surface area (Å²) in [7, 11) is 0. The van der Waals surface area contributed by atoms with Crippen molar-refractivity contribution in [1.29, 1.82) is 0 Å². The first kappa shape index (κ1) is 16.7. The van der Waals surface area contributed by atoms with Crippen molar-refractivity contribution in [1.82, 2.24) is 9.88 Å². The number of hydrogen-bond donors (Lipinski definition) is 2. The fraction of sp³-hybridized carbons (Fsp3) is 0.647. The van der Waals surface area contributed by atoms with Gasteiger partial charge in [-0.05, 0) is 51.0 Å². The quantitative estimate of drug-likeness (QED) is 0.839. The van der Waals surface area contributed by atoms with Crippen molar-refractivity contribution in [3.63, 3.8) is 0 Å². The Bertz CT molecular complexity index is 575. The van der Waals surface area contributed by atoms with Gasteiger partial charge in [0, 0.05) is 31.0 Å². The average molecular weight is 306 g/mol. The van der Waals surface area contributed by atoms with E-state index in [1.165, 1.54) is 6.92 Å². The molecule has 22 heavy (non-hydrogen) atoms. The Morgan fingerprint density at radius 3 is 2.27 bits per heavy atom. The number of aliphatic hydroxyl groups excluding tert-OH is 1. The number of aromatic amines is 1. The third-order valence-electron chi connectivity index (χ3n) is 5.20. The van der Waals surface area contributed by atoms with Crippen molar-refractivity contribution in [2.75, 3.05) is 19.7 Å². The van der Waals surface area contributed by atoms with E-state index < -0.39 is 0 Å². The molecule has 1 aliphatic rings. The Kier molecular flexibility index (Phi) is 4.75. The topological polar surface area (TPSA) is 73.4 Å². The zero-order valence-corrected chi connectivity index (χ0v) is 14.0. The summed E-state index contributed by atoms with van der Waals surface area (Å²) >= 11 is 0. The van der Waals surface area contributed by atoms with Gasteiger partial charge in [0.2, 0.25) is 0 Å². The average Bonchev–Trinajstić information content (AvgIpc) is 2.81. The number of nitrogens with zero attached hydrogens (tertiary/aromatic N) is 1. The second-order valence-electron chi connectivity index (χ2n) is 6.49. The molecule has 2 heterocycles. The second-order valence-corrected chi connectivity index (χ2v) is 6.49. The first-order valence-corrected chi connectivity index (χ1v) is 7.95. The summed E-state index contributed by atoms with van der Waals surface area (Å²) in [5.74, 6) is -0.0648. The number of aromatic nitrogens is 1. The van der Waals surface area contributed by atoms with Gasteiger partial charge in [-0.1, -0.05) is 6.92 Å². The number of aliphatic hydroxyl groups is 1. The highest BCUT2D eigenvalue weighted by Crippen LogP contribution is 2.34. The molecule has 0 saturated carbocycles. The van der Waals surface area contributed by atoms with E-state index in [9.17, 15) is 14.7 Å². The van der Waals surface area contributed by atoms with Gasteiger partial charge < -0.3 is 15.0 Å². The van der Waals surface area contributed by atoms with Crippen molar-refractivity contribution in [3.05, 3.63) is 22.5 Å². The Labute approximate surface area is 131 Å². The van der Waals surface area contributed by atoms with Gasteiger partial charge in [-0.2, -0.15) is 0 Å². The van der Waals surface area contributed by atoms with Crippen molar-refractivity contribution in [3.8, 4) is 0 Å². The van der Waals surface area contributed by atoms with Crippen LogP contribution in [-0.2, 0) is 0 Å². The summed E-state index contributed by atoms with van der Waals surface area (Å²) in [4.78, 5) is 29.3. The number of nitrogens with one attached hydrogen (secondary N) is 1. The summed E-state index contributed by atoms with van der Waals surface area (Å²) in [5.41, 5.74) is 2.60. The van der Waals surface area contributed by atoms with E-state index in [2.05, 4.69) is 11.9 Å². The third kappa shape index (κ3) is 2.82. The molecular weight excluding hydrogens is 280 g/mol. The molecule has 2 rings (SSSR count). The number of carbonyl (C=O) groups excluding carboxylic acids is 2. The molecule has 5 heteroatoms. The lowest BCUT2D eigenvalue weighted by Gasteiger charge is -2.40. The minimum atomic E-state index is -0.0456. The van der Waals surface area contributed by atoms with Crippen LogP contribution in [0, 0.1) is 19.3 Å². The molecule has 0 radical (unpaired) electrons. The number of aryl methyl sites for hydroxylation is 1. The molecule has 0 spiro atoms. The lowest BCUT2D eigenvalue weighted by atomic mass is 9.77. The number of likely N-dealkylation sites (tertiary alicyclic amines) is 1. The molecule has 0 aromatic carbocycles. The molecule has 5 nitrogen and oxygen atoms in total. The van der Waals surface area contributed by atoms with Crippen LogP contribution in [-0.4, -0.2) is 46.4 Å². The molecular formula is C17H26N2O3. The Morgan fingerprint density at radius 1 is 1.27 bits per heavy atom. The summed E-state index contributed by atoms with van der Waals surface area (Å²) in [6.07, 6.45) is 2.58. The summed E-state index contributed by atoms with van der Waals surface area (Å²) < 4.78 is 0. The number of carbonyl (C=O) groups is 2. The van der Waals surface area contributed by atoms with Gasteiger partial charge >= 0.3 is 0 Å². The molecule has 122 valence electrons. The van der Waals surface area contributed by atoms with Gasteiger partial charge in [0.25, 0.3) is 5.91 Å². The Hall–Kier alpha value is -1.62. The molecule has 1 aromatic heterocycles. The highest BCUT2D eigenvalue weighted by Gasteiger charge is 2.35. The smallest absolute Gasteiger partial charge is 0.270 e. The van der Waals surface area contributed by atoms with Gasteiger partial charge in [0.1, 0.15) is 5.69 Å². The van der Waals surface area contributed by atoms with Gasteiger partial charge in [0.05, 0.1) is 0 Å². The number of amides is 1. The van der Waals surface area contributed by atoms with Crippen LogP contribution in [0.15, 0.2) is 0 Å². The zero-order chi connectivity index (χ0) is 16.5. The molecule has 0 atom stereocenters. The number of ketones is 1. The van der Waals surface area contributed by atoms with Crippen LogP contribution in [0.3, 0.4) is 0 Å². The number of H-pyrrole nitrogens is 1. The number of hydrogen-bond acceptors (Lipinski definition) is 3. The van der Waals surface area contributed by atoms with Crippen molar-refractivity contribution in [2.24, 2.45) is 5.41 Å². The molecule has 1 amide bonds. The summed E-state index contributed by atoms with van der Waals surface area (Å²) in [6, 6.07) is 0. The molecule has 0 aliphatic carbocycles. The highest BCUT2D eigenvalue weighted by atomic mass is 16.3. The van der Waals surface area contributed by atoms with E-state index in [1.54, 1.807) is 0 Å². The molecule has 1 saturated heterocycles. The minimum Gasteiger partial charge on any atom is -0.396 e. The van der Waals surface area contributed by atoms with Crippen LogP contribution >= 0.6 is 0 Å². The highest BCUT2D eigenvalue weighted by molar-refractivity contribution is 6.02. The van der Waals surface area contributed by atoms with E-state index in [-0.39, 0.29) is 23.7 Å². The minimum absolute atomic E-state index is 0.0192. The Balaban J connectivity index is 2.17. The maximum atomic E-state index is 12.7. The number of rotatable bonds is 4. The lowest BCUT2D eigenvalue weighted by Crippen LogP contribution is -2.44. The van der Waals surface area contributed by atoms with Gasteiger partial charge in [0.15, 0.2) is 5.78 Å². The fourth-order valence-electron chi connectivity index (χ4n) is 3.46. The number of Topliss-reactive ketones (excluding diaryl/α,β-unsaturated/α-hetero) is 1. The predicted molar refractivity (Wildman–Crippen MR) is 85.2 cm³/mol. The normalized spacial score (nSPS) is 17.6. The van der Waals surface area contributed by atoms with Crippen LogP contribution in [0.25, 0.3) is 0 Å². The van der Waals surface area contributed by atoms with Crippen molar-refractivity contribution >= 4 is 11.7 Å². The van der Waals surface area contributed by atoms with Crippen LogP contribution in [0.4, 0.5) is 0 Å². The molecule has 1 aromatic rings. The summed E-state index contributed by atoms with van der Waals surface area (Å²) in [5, 5.41) is 9.58. The first-order chi connectivity index (χ1) is 10.3. The summed E-state index contributed by atoms with van der Waals surface area (Å²) in [6.45, 7) is 8.74. The molecule has 0 bridgehead atoms. The number of piperidine rings is 1. The largest absolute Gasteiger partial charge is 0.396 e. The van der Waals surface area contributed by atoms with E-state index in [1.807, 2.05) is 18.7 Å². The van der Waals surface area contributed by atoms with Gasteiger partial charge in [-0.15, -0.1) is 0 Å². The maximum absolute atomic E-state index is 12.7. The fourth-order valence-corrected chi connectivity index (χ4v) is 3.46. The van der Waals surface area contributed by atoms with Crippen LogP contribution in [0.5, 0.6) is 0 Å². The molecule has 0 unspecified atom stereocenters. The maximum Gasteiger partial charge on any atom is 0.270 e. The SMILES string of the molecule is CCC1(CO)CCN(C(=O)c2[nH]c(C)c(C(C)=O)c2C)CC1. The molecule has 2 N–H and O–H groups in total. The van der Waals surface area contributed by atoms with Gasteiger partial charge in [-0.3, -0.25) is 9.59 Å². The molecule has 1 aliphatic heterocycles. The van der Waals surface area contributed by atoms with Gasteiger partial charge in [-0.25, -0.2) is 0 Å². The first-order valence-electron chi connectivity index (χ1n) is 7.95. The van der Waals surface area contributed by atoms with Crippen LogP contribution < -0.4 is 0 Å². The third-order valence-corrected chi connectivity index (χ3v) is 5.20. The molecule has 1 fully saturated rings. The van der Waals surface area contributed by atoms with Crippen molar-refractivity contribution in [2.45, 2.75) is 47.0 Å². The van der Waals surface area contributed by atoms with E-state index in [0.717, 1.165) is 30.5 Å². The Morgan fingerprint density at radius 2 is 1.86 bits per heavy atom. The van der Waals surface area contributed by atoms with E-state index in [4.69, 9.17) is 0 Å². The monoisotopic (exact) mass is 306 g/mol. The lowest BCUT2D eigenvalue weighted by molar-refractivity contribution is 0.0334. The van der Waals surface area contributed by atoms with Crippen LogP contribution in [0.2, 0.25) is 0 Å².